The van der Waals surface area contributed by atoms with E-state index in [2.05, 4.69) is 0 Å². The Bertz CT molecular complexity index is 954. The van der Waals surface area contributed by atoms with Crippen molar-refractivity contribution in [1.29, 1.82) is 0 Å². The average Bonchev–Trinajstić information content (AvgIpc) is 2.72. The van der Waals surface area contributed by atoms with Crippen LogP contribution in [0.2, 0.25) is 0 Å². The van der Waals surface area contributed by atoms with E-state index in [0.29, 0.717) is 12.3 Å². The third kappa shape index (κ3) is 5.35. The molecule has 0 aliphatic carbocycles. The lowest BCUT2D eigenvalue weighted by Gasteiger charge is -2.23. The summed E-state index contributed by atoms with van der Waals surface area (Å²) in [6, 6.07) is 21.9. The monoisotopic (exact) mass is 390 g/mol. The van der Waals surface area contributed by atoms with Gasteiger partial charge in [0.25, 0.3) is 0 Å². The van der Waals surface area contributed by atoms with E-state index in [4.69, 9.17) is 14.8 Å². The van der Waals surface area contributed by atoms with E-state index in [1.165, 1.54) is 0 Å². The minimum absolute atomic E-state index is 0.000863. The molecule has 0 bridgehead atoms. The minimum atomic E-state index is -0.786. The summed E-state index contributed by atoms with van der Waals surface area (Å²) >= 11 is 0. The van der Waals surface area contributed by atoms with Crippen LogP contribution in [0.15, 0.2) is 66.7 Å². The number of carboxylic acids is 1. The summed E-state index contributed by atoms with van der Waals surface area (Å²) in [5.41, 5.74) is 4.75. The van der Waals surface area contributed by atoms with Crippen molar-refractivity contribution in [3.63, 3.8) is 0 Å². The molecule has 1 N–H and O–H groups in total. The molecular formula is C24H26N2O3. The Hall–Kier alpha value is -3.34. The molecule has 0 spiro atoms. The Morgan fingerprint density at radius 1 is 1.03 bits per heavy atom. The molecule has 2 aromatic carbocycles. The van der Waals surface area contributed by atoms with Gasteiger partial charge in [-0.05, 0) is 50.1 Å². The number of aryl methyl sites for hydroxylation is 1. The second-order valence-corrected chi connectivity index (χ2v) is 7.17. The first-order chi connectivity index (χ1) is 13.9. The van der Waals surface area contributed by atoms with Gasteiger partial charge < -0.3 is 14.7 Å². The van der Waals surface area contributed by atoms with Crippen LogP contribution in [-0.2, 0) is 11.2 Å². The molecule has 0 atom stereocenters. The molecule has 0 saturated carbocycles. The van der Waals surface area contributed by atoms with Gasteiger partial charge in [0.15, 0.2) is 0 Å². The van der Waals surface area contributed by atoms with Crippen molar-refractivity contribution in [3.8, 4) is 17.1 Å². The van der Waals surface area contributed by atoms with Crippen molar-refractivity contribution >= 4 is 17.3 Å². The zero-order valence-electron chi connectivity index (χ0n) is 17.0. The maximum atomic E-state index is 10.8. The second-order valence-electron chi connectivity index (χ2n) is 7.17. The Morgan fingerprint density at radius 3 is 2.34 bits per heavy atom. The van der Waals surface area contributed by atoms with Crippen LogP contribution >= 0.6 is 0 Å². The highest BCUT2D eigenvalue weighted by Crippen LogP contribution is 2.34. The Kier molecular flexibility index (Phi) is 6.50. The number of hydrogen-bond donors (Lipinski definition) is 1. The Labute approximate surface area is 171 Å². The first kappa shape index (κ1) is 20.4. The van der Waals surface area contributed by atoms with E-state index >= 15 is 0 Å². The second kappa shape index (κ2) is 9.24. The van der Waals surface area contributed by atoms with Gasteiger partial charge in [-0.15, -0.1) is 0 Å². The summed E-state index contributed by atoms with van der Waals surface area (Å²) in [5, 5.41) is 8.84. The average molecular weight is 390 g/mol. The highest BCUT2D eigenvalue weighted by atomic mass is 16.5. The number of hydrogen-bond acceptors (Lipinski definition) is 4. The number of carboxylic acid groups (broad SMARTS) is 1. The van der Waals surface area contributed by atoms with Crippen LogP contribution in [0.4, 0.5) is 11.4 Å². The van der Waals surface area contributed by atoms with Gasteiger partial charge in [-0.25, -0.2) is 4.98 Å². The van der Waals surface area contributed by atoms with Gasteiger partial charge in [0.1, 0.15) is 5.69 Å². The van der Waals surface area contributed by atoms with Crippen molar-refractivity contribution in [2.75, 3.05) is 11.9 Å². The molecule has 0 aliphatic heterocycles. The highest BCUT2D eigenvalue weighted by Gasteiger charge is 2.15. The summed E-state index contributed by atoms with van der Waals surface area (Å²) in [6.07, 6.45) is 0.653. The summed E-state index contributed by atoms with van der Waals surface area (Å²) in [6.45, 7) is 3.97. The number of pyridine rings is 1. The zero-order valence-corrected chi connectivity index (χ0v) is 17.0. The van der Waals surface area contributed by atoms with E-state index in [9.17, 15) is 4.79 Å². The standard InChI is InChI=1S/C24H26N2O3/c1-17(2)29-24-22(15-14-21(25-24)19-7-5-4-6-8-19)26(3)20-12-9-18(10-13-20)11-16-23(27)28/h4-10,12-15,17H,11,16H2,1-3H3,(H,27,28). The molecule has 0 unspecified atom stereocenters. The maximum Gasteiger partial charge on any atom is 0.303 e. The van der Waals surface area contributed by atoms with Gasteiger partial charge in [-0.2, -0.15) is 0 Å². The van der Waals surface area contributed by atoms with Crippen molar-refractivity contribution in [1.82, 2.24) is 4.98 Å². The predicted octanol–water partition coefficient (Wildman–Crippen LogP) is 5.32. The van der Waals surface area contributed by atoms with Crippen molar-refractivity contribution in [2.24, 2.45) is 0 Å². The molecule has 0 radical (unpaired) electrons. The van der Waals surface area contributed by atoms with E-state index < -0.39 is 5.97 Å². The maximum absolute atomic E-state index is 10.8. The van der Waals surface area contributed by atoms with E-state index in [0.717, 1.165) is 28.2 Å². The van der Waals surface area contributed by atoms with Gasteiger partial charge in [-0.3, -0.25) is 4.79 Å². The molecule has 3 aromatic rings. The Balaban J connectivity index is 1.88. The quantitative estimate of drug-likeness (QED) is 0.564. The third-order valence-electron chi connectivity index (χ3n) is 4.57. The Morgan fingerprint density at radius 2 is 1.72 bits per heavy atom. The zero-order chi connectivity index (χ0) is 20.8. The fraction of sp³-hybridized carbons (Fsp3) is 0.250. The molecule has 3 rings (SSSR count). The van der Waals surface area contributed by atoms with Gasteiger partial charge in [-0.1, -0.05) is 42.5 Å². The topological polar surface area (TPSA) is 62.7 Å². The summed E-state index contributed by atoms with van der Waals surface area (Å²) < 4.78 is 6.02. The van der Waals surface area contributed by atoms with Gasteiger partial charge in [0.2, 0.25) is 5.88 Å². The van der Waals surface area contributed by atoms with Crippen LogP contribution in [0.5, 0.6) is 5.88 Å². The van der Waals surface area contributed by atoms with Crippen LogP contribution in [0.3, 0.4) is 0 Å². The van der Waals surface area contributed by atoms with Crippen LogP contribution in [0, 0.1) is 0 Å². The van der Waals surface area contributed by atoms with Crippen molar-refractivity contribution < 1.29 is 14.6 Å². The number of aliphatic carboxylic acids is 1. The molecule has 1 aromatic heterocycles. The third-order valence-corrected chi connectivity index (χ3v) is 4.57. The lowest BCUT2D eigenvalue weighted by molar-refractivity contribution is -0.136. The van der Waals surface area contributed by atoms with Gasteiger partial charge in [0.05, 0.1) is 11.8 Å². The van der Waals surface area contributed by atoms with Gasteiger partial charge >= 0.3 is 5.97 Å². The molecule has 1 heterocycles. The largest absolute Gasteiger partial charge is 0.481 e. The number of rotatable bonds is 8. The number of carbonyl (C=O) groups is 1. The van der Waals surface area contributed by atoms with Crippen molar-refractivity contribution in [3.05, 3.63) is 72.3 Å². The molecule has 0 amide bonds. The SMILES string of the molecule is CC(C)Oc1nc(-c2ccccc2)ccc1N(C)c1ccc(CCC(=O)O)cc1. The molecule has 0 saturated heterocycles. The van der Waals surface area contributed by atoms with Crippen LogP contribution in [0.25, 0.3) is 11.3 Å². The molecule has 5 heteroatoms. The number of aromatic nitrogens is 1. The first-order valence-corrected chi connectivity index (χ1v) is 9.71. The van der Waals surface area contributed by atoms with Crippen LogP contribution in [0.1, 0.15) is 25.8 Å². The fourth-order valence-corrected chi connectivity index (χ4v) is 3.04. The van der Waals surface area contributed by atoms with E-state index in [1.807, 2.05) is 92.5 Å². The van der Waals surface area contributed by atoms with Gasteiger partial charge in [0, 0.05) is 24.7 Å². The van der Waals surface area contributed by atoms with Crippen LogP contribution in [-0.4, -0.2) is 29.2 Å². The fourth-order valence-electron chi connectivity index (χ4n) is 3.04. The molecule has 29 heavy (non-hydrogen) atoms. The molecular weight excluding hydrogens is 364 g/mol. The van der Waals surface area contributed by atoms with E-state index in [-0.39, 0.29) is 12.5 Å². The number of nitrogens with zero attached hydrogens (tertiary/aromatic N) is 2. The first-order valence-electron chi connectivity index (χ1n) is 9.71. The normalized spacial score (nSPS) is 10.8. The van der Waals surface area contributed by atoms with E-state index in [1.54, 1.807) is 0 Å². The summed E-state index contributed by atoms with van der Waals surface area (Å²) in [7, 11) is 1.97. The number of benzene rings is 2. The summed E-state index contributed by atoms with van der Waals surface area (Å²) in [4.78, 5) is 17.6. The molecule has 0 fully saturated rings. The highest BCUT2D eigenvalue weighted by molar-refractivity contribution is 5.71. The van der Waals surface area contributed by atoms with Crippen molar-refractivity contribution in [2.45, 2.75) is 32.8 Å². The lowest BCUT2D eigenvalue weighted by Crippen LogP contribution is -2.15. The number of ether oxygens (including phenoxy) is 1. The summed E-state index contributed by atoms with van der Waals surface area (Å²) in [5.74, 6) is -0.204. The molecule has 5 nitrogen and oxygen atoms in total. The molecule has 150 valence electrons. The smallest absolute Gasteiger partial charge is 0.303 e. The van der Waals surface area contributed by atoms with Crippen LogP contribution < -0.4 is 9.64 Å². The number of anilines is 2. The predicted molar refractivity (Wildman–Crippen MR) is 116 cm³/mol. The minimum Gasteiger partial charge on any atom is -0.481 e. The molecule has 0 aliphatic rings. The lowest BCUT2D eigenvalue weighted by atomic mass is 10.1.